The number of rotatable bonds is 3. The highest BCUT2D eigenvalue weighted by molar-refractivity contribution is 9.10. The van der Waals surface area contributed by atoms with Crippen LogP contribution in [-0.2, 0) is 9.53 Å². The molecule has 2 aliphatic rings. The van der Waals surface area contributed by atoms with Crippen molar-refractivity contribution in [3.63, 3.8) is 0 Å². The molecular formula is C15H14BrNO5. The molecule has 6 nitrogen and oxygen atoms in total. The first-order chi connectivity index (χ1) is 10.5. The van der Waals surface area contributed by atoms with Gasteiger partial charge < -0.3 is 9.47 Å². The minimum Gasteiger partial charge on any atom is -0.468 e. The molecule has 0 spiro atoms. The van der Waals surface area contributed by atoms with E-state index in [9.17, 15) is 14.9 Å². The maximum Gasteiger partial charge on any atom is 0.320 e. The van der Waals surface area contributed by atoms with Crippen LogP contribution in [0, 0.1) is 15.5 Å². The molecule has 0 N–H and O–H groups in total. The quantitative estimate of drug-likeness (QED) is 0.466. The van der Waals surface area contributed by atoms with Crippen LogP contribution in [0.25, 0.3) is 0 Å². The maximum absolute atomic E-state index is 12.5. The van der Waals surface area contributed by atoms with E-state index in [-0.39, 0.29) is 11.5 Å². The summed E-state index contributed by atoms with van der Waals surface area (Å²) < 4.78 is 11.6. The van der Waals surface area contributed by atoms with Crippen molar-refractivity contribution in [1.82, 2.24) is 0 Å². The Bertz CT molecular complexity index is 687. The summed E-state index contributed by atoms with van der Waals surface area (Å²) in [5.41, 5.74) is -0.439. The molecule has 0 amide bonds. The lowest BCUT2D eigenvalue weighted by Crippen LogP contribution is -2.45. The van der Waals surface area contributed by atoms with E-state index in [1.165, 1.54) is 7.11 Å². The van der Waals surface area contributed by atoms with Crippen LogP contribution in [0.1, 0.15) is 24.3 Å². The lowest BCUT2D eigenvalue weighted by atomic mass is 9.68. The summed E-state index contributed by atoms with van der Waals surface area (Å²) in [6, 6.07) is 5.35. The molecular weight excluding hydrogens is 354 g/mol. The maximum atomic E-state index is 12.5. The molecule has 1 heterocycles. The molecule has 0 unspecified atom stereocenters. The standard InChI is InChI=1S/C15H14BrNO5/c1-21-14(18)15-6-2-3-13(15)22-12-5-4-9(16)7-10(12)11(15)8-17(19)20/h3-5,7,11H,2,6,8H2,1H3/t11-,15+/m1/s1. The van der Waals surface area contributed by atoms with E-state index in [2.05, 4.69) is 15.9 Å². The first-order valence-corrected chi connectivity index (χ1v) is 7.66. The van der Waals surface area contributed by atoms with Gasteiger partial charge in [0.2, 0.25) is 6.54 Å². The number of nitrogens with zero attached hydrogens (tertiary/aromatic N) is 1. The van der Waals surface area contributed by atoms with E-state index in [4.69, 9.17) is 9.47 Å². The number of allylic oxidation sites excluding steroid dienone is 1. The Morgan fingerprint density at radius 2 is 2.36 bits per heavy atom. The van der Waals surface area contributed by atoms with E-state index in [0.717, 1.165) is 4.47 Å². The van der Waals surface area contributed by atoms with Crippen molar-refractivity contribution >= 4 is 21.9 Å². The van der Waals surface area contributed by atoms with Crippen LogP contribution < -0.4 is 4.74 Å². The van der Waals surface area contributed by atoms with E-state index >= 15 is 0 Å². The second-order valence-corrected chi connectivity index (χ2v) is 6.34. The summed E-state index contributed by atoms with van der Waals surface area (Å²) in [4.78, 5) is 23.3. The van der Waals surface area contributed by atoms with E-state index in [1.807, 2.05) is 12.1 Å². The number of carbonyl (C=O) groups excluding carboxylic acids is 1. The molecule has 22 heavy (non-hydrogen) atoms. The van der Waals surface area contributed by atoms with Gasteiger partial charge in [-0.25, -0.2) is 0 Å². The highest BCUT2D eigenvalue weighted by Crippen LogP contribution is 2.56. The lowest BCUT2D eigenvalue weighted by molar-refractivity contribution is -0.486. The van der Waals surface area contributed by atoms with Crippen molar-refractivity contribution in [2.24, 2.45) is 5.41 Å². The third kappa shape index (κ3) is 2.11. The zero-order valence-corrected chi connectivity index (χ0v) is 13.5. The molecule has 3 rings (SSSR count). The summed E-state index contributed by atoms with van der Waals surface area (Å²) in [6.07, 6.45) is 2.92. The zero-order valence-electron chi connectivity index (χ0n) is 11.9. The number of hydrogen-bond donors (Lipinski definition) is 0. The second kappa shape index (κ2) is 5.39. The van der Waals surface area contributed by atoms with Crippen molar-refractivity contribution in [2.75, 3.05) is 13.7 Å². The normalized spacial score (nSPS) is 25.5. The fourth-order valence-corrected chi connectivity index (χ4v) is 3.79. The van der Waals surface area contributed by atoms with Gasteiger partial charge in [0.1, 0.15) is 16.9 Å². The topological polar surface area (TPSA) is 78.7 Å². The Morgan fingerprint density at radius 1 is 1.59 bits per heavy atom. The Morgan fingerprint density at radius 3 is 3.05 bits per heavy atom. The van der Waals surface area contributed by atoms with Crippen LogP contribution in [0.15, 0.2) is 34.5 Å². The summed E-state index contributed by atoms with van der Waals surface area (Å²) in [7, 11) is 1.30. The largest absolute Gasteiger partial charge is 0.468 e. The number of methoxy groups -OCH3 is 1. The van der Waals surface area contributed by atoms with Gasteiger partial charge in [0.25, 0.3) is 0 Å². The van der Waals surface area contributed by atoms with E-state index in [1.54, 1.807) is 12.1 Å². The predicted octanol–water partition coefficient (Wildman–Crippen LogP) is 3.04. The van der Waals surface area contributed by atoms with Crippen LogP contribution in [0.3, 0.4) is 0 Å². The fourth-order valence-electron chi connectivity index (χ4n) is 3.41. The molecule has 1 aromatic carbocycles. The average Bonchev–Trinajstić information content (AvgIpc) is 2.91. The smallest absolute Gasteiger partial charge is 0.320 e. The van der Waals surface area contributed by atoms with Crippen molar-refractivity contribution in [3.8, 4) is 5.75 Å². The number of fused-ring (bicyclic) bond motifs is 2. The Hall–Kier alpha value is -1.89. The van der Waals surface area contributed by atoms with Crippen LogP contribution in [0.4, 0.5) is 0 Å². The summed E-state index contributed by atoms with van der Waals surface area (Å²) in [5, 5.41) is 11.2. The molecule has 2 atom stereocenters. The number of benzene rings is 1. The van der Waals surface area contributed by atoms with Gasteiger partial charge >= 0.3 is 5.97 Å². The molecule has 0 radical (unpaired) electrons. The summed E-state index contributed by atoms with van der Waals surface area (Å²) in [6.45, 7) is -0.348. The lowest BCUT2D eigenvalue weighted by Gasteiger charge is -2.39. The molecule has 1 aliphatic heterocycles. The van der Waals surface area contributed by atoms with Crippen LogP contribution in [-0.4, -0.2) is 24.5 Å². The van der Waals surface area contributed by atoms with Crippen LogP contribution in [0.5, 0.6) is 5.75 Å². The number of nitro groups is 1. The van der Waals surface area contributed by atoms with E-state index < -0.39 is 17.3 Å². The monoisotopic (exact) mass is 367 g/mol. The highest BCUT2D eigenvalue weighted by atomic mass is 79.9. The van der Waals surface area contributed by atoms with Gasteiger partial charge in [0, 0.05) is 15.0 Å². The van der Waals surface area contributed by atoms with Crippen molar-refractivity contribution < 1.29 is 19.2 Å². The molecule has 0 saturated heterocycles. The number of carbonyl (C=O) groups is 1. The Labute approximate surface area is 135 Å². The second-order valence-electron chi connectivity index (χ2n) is 5.42. The van der Waals surface area contributed by atoms with Gasteiger partial charge in [-0.3, -0.25) is 14.9 Å². The van der Waals surface area contributed by atoms with Gasteiger partial charge in [0.05, 0.1) is 13.0 Å². The molecule has 0 bridgehead atoms. The molecule has 0 saturated carbocycles. The van der Waals surface area contributed by atoms with Gasteiger partial charge in [-0.1, -0.05) is 15.9 Å². The van der Waals surface area contributed by atoms with Crippen molar-refractivity contribution in [1.29, 1.82) is 0 Å². The number of halogens is 1. The Kier molecular flexibility index (Phi) is 3.68. The van der Waals surface area contributed by atoms with Crippen LogP contribution in [0.2, 0.25) is 0 Å². The number of ether oxygens (including phenoxy) is 2. The van der Waals surface area contributed by atoms with E-state index in [0.29, 0.717) is 29.9 Å². The van der Waals surface area contributed by atoms with Gasteiger partial charge in [-0.15, -0.1) is 0 Å². The first-order valence-electron chi connectivity index (χ1n) is 6.87. The van der Waals surface area contributed by atoms with Crippen molar-refractivity contribution in [2.45, 2.75) is 18.8 Å². The molecule has 1 aliphatic carbocycles. The fraction of sp³-hybridized carbons (Fsp3) is 0.400. The van der Waals surface area contributed by atoms with Gasteiger partial charge in [0.15, 0.2) is 0 Å². The third-order valence-electron chi connectivity index (χ3n) is 4.35. The molecule has 0 fully saturated rings. The minimum atomic E-state index is -1.10. The zero-order chi connectivity index (χ0) is 15.9. The SMILES string of the molecule is COC(=O)[C@]12CCC=C1Oc1ccc(Br)cc1[C@H]2C[N+](=O)[O-]. The molecule has 0 aromatic heterocycles. The van der Waals surface area contributed by atoms with Crippen molar-refractivity contribution in [3.05, 3.63) is 50.2 Å². The Balaban J connectivity index is 2.20. The highest BCUT2D eigenvalue weighted by Gasteiger charge is 2.58. The third-order valence-corrected chi connectivity index (χ3v) is 4.84. The number of esters is 1. The van der Waals surface area contributed by atoms with Crippen LogP contribution >= 0.6 is 15.9 Å². The number of hydrogen-bond acceptors (Lipinski definition) is 5. The predicted molar refractivity (Wildman–Crippen MR) is 81.1 cm³/mol. The summed E-state index contributed by atoms with van der Waals surface area (Å²) in [5.74, 6) is -0.0533. The summed E-state index contributed by atoms with van der Waals surface area (Å²) >= 11 is 3.37. The molecule has 116 valence electrons. The molecule has 7 heteroatoms. The first kappa shape index (κ1) is 15.0. The van der Waals surface area contributed by atoms with Gasteiger partial charge in [-0.05, 0) is 37.1 Å². The average molecular weight is 368 g/mol. The molecule has 1 aromatic rings. The van der Waals surface area contributed by atoms with Gasteiger partial charge in [-0.2, -0.15) is 0 Å². The minimum absolute atomic E-state index is 0.348.